The summed E-state index contributed by atoms with van der Waals surface area (Å²) in [5.41, 5.74) is 0.945. The molecular formula is C10H16O. The van der Waals surface area contributed by atoms with E-state index in [9.17, 15) is 5.11 Å². The second kappa shape index (κ2) is 4.91. The van der Waals surface area contributed by atoms with E-state index < -0.39 is 6.10 Å². The highest BCUT2D eigenvalue weighted by Gasteiger charge is 2.04. The molecule has 0 amide bonds. The standard InChI is InChI=1S/C10H16O/c1-5-9(4)10(11)7-6-8(2)3/h5-7,9-11H,1-2H2,3-4H3. The number of aliphatic hydroxyl groups is 1. The maximum absolute atomic E-state index is 9.37. The van der Waals surface area contributed by atoms with Crippen LogP contribution >= 0.6 is 0 Å². The smallest absolute Gasteiger partial charge is 0.0783 e. The van der Waals surface area contributed by atoms with Gasteiger partial charge in [0, 0.05) is 5.92 Å². The first-order valence-electron chi connectivity index (χ1n) is 3.72. The zero-order valence-electron chi connectivity index (χ0n) is 7.25. The monoisotopic (exact) mass is 152 g/mol. The van der Waals surface area contributed by atoms with Crippen LogP contribution in [-0.4, -0.2) is 11.2 Å². The second-order valence-corrected chi connectivity index (χ2v) is 2.79. The maximum atomic E-state index is 9.37. The van der Waals surface area contributed by atoms with Crippen molar-refractivity contribution in [1.82, 2.24) is 0 Å². The molecule has 0 saturated carbocycles. The second-order valence-electron chi connectivity index (χ2n) is 2.79. The molecule has 0 saturated heterocycles. The summed E-state index contributed by atoms with van der Waals surface area (Å²) < 4.78 is 0. The minimum atomic E-state index is -0.441. The third-order valence-electron chi connectivity index (χ3n) is 1.49. The predicted octanol–water partition coefficient (Wildman–Crippen LogP) is 2.30. The largest absolute Gasteiger partial charge is 0.388 e. The Balaban J connectivity index is 3.94. The molecule has 0 aliphatic rings. The number of hydrogen-bond acceptors (Lipinski definition) is 1. The van der Waals surface area contributed by atoms with E-state index in [0.29, 0.717) is 0 Å². The fourth-order valence-electron chi connectivity index (χ4n) is 0.578. The Morgan fingerprint density at radius 1 is 1.55 bits per heavy atom. The molecule has 0 spiro atoms. The highest BCUT2D eigenvalue weighted by Crippen LogP contribution is 2.05. The van der Waals surface area contributed by atoms with Crippen molar-refractivity contribution in [2.45, 2.75) is 20.0 Å². The van der Waals surface area contributed by atoms with Gasteiger partial charge in [-0.1, -0.05) is 37.3 Å². The molecule has 1 N–H and O–H groups in total. The summed E-state index contributed by atoms with van der Waals surface area (Å²) in [5.74, 6) is 0.102. The average molecular weight is 152 g/mol. The van der Waals surface area contributed by atoms with Crippen molar-refractivity contribution in [3.63, 3.8) is 0 Å². The van der Waals surface area contributed by atoms with Gasteiger partial charge in [0.2, 0.25) is 0 Å². The van der Waals surface area contributed by atoms with Crippen LogP contribution in [0.3, 0.4) is 0 Å². The Bertz CT molecular complexity index is 168. The fourth-order valence-corrected chi connectivity index (χ4v) is 0.578. The topological polar surface area (TPSA) is 20.2 Å². The lowest BCUT2D eigenvalue weighted by atomic mass is 10.0. The minimum absolute atomic E-state index is 0.102. The molecule has 11 heavy (non-hydrogen) atoms. The van der Waals surface area contributed by atoms with Gasteiger partial charge in [0.25, 0.3) is 0 Å². The van der Waals surface area contributed by atoms with Crippen molar-refractivity contribution < 1.29 is 5.11 Å². The molecule has 0 fully saturated rings. The van der Waals surface area contributed by atoms with Crippen LogP contribution in [0.5, 0.6) is 0 Å². The summed E-state index contributed by atoms with van der Waals surface area (Å²) in [6, 6.07) is 0. The van der Waals surface area contributed by atoms with E-state index in [4.69, 9.17) is 0 Å². The first-order valence-corrected chi connectivity index (χ1v) is 3.72. The molecule has 62 valence electrons. The molecule has 0 bridgehead atoms. The van der Waals surface area contributed by atoms with Gasteiger partial charge >= 0.3 is 0 Å². The molecule has 0 aromatic carbocycles. The lowest BCUT2D eigenvalue weighted by Crippen LogP contribution is -2.11. The average Bonchev–Trinajstić information content (AvgIpc) is 1.98. The Labute approximate surface area is 68.7 Å². The van der Waals surface area contributed by atoms with Crippen LogP contribution in [0.2, 0.25) is 0 Å². The van der Waals surface area contributed by atoms with Crippen molar-refractivity contribution in [3.05, 3.63) is 37.0 Å². The van der Waals surface area contributed by atoms with Gasteiger partial charge in [-0.2, -0.15) is 0 Å². The molecule has 0 radical (unpaired) electrons. The lowest BCUT2D eigenvalue weighted by molar-refractivity contribution is 0.185. The predicted molar refractivity (Wildman–Crippen MR) is 49.3 cm³/mol. The van der Waals surface area contributed by atoms with Gasteiger partial charge in [0.05, 0.1) is 6.10 Å². The molecule has 1 nitrogen and oxygen atoms in total. The van der Waals surface area contributed by atoms with Gasteiger partial charge in [0.1, 0.15) is 0 Å². The van der Waals surface area contributed by atoms with E-state index >= 15 is 0 Å². The molecular weight excluding hydrogens is 136 g/mol. The summed E-state index contributed by atoms with van der Waals surface area (Å²) in [6.07, 6.45) is 4.83. The normalized spacial score (nSPS) is 16.3. The van der Waals surface area contributed by atoms with Crippen LogP contribution < -0.4 is 0 Å². The van der Waals surface area contributed by atoms with Gasteiger partial charge in [-0.15, -0.1) is 6.58 Å². The van der Waals surface area contributed by atoms with Crippen LogP contribution in [0.4, 0.5) is 0 Å². The van der Waals surface area contributed by atoms with Gasteiger partial charge in [0.15, 0.2) is 0 Å². The van der Waals surface area contributed by atoms with Crippen LogP contribution in [0, 0.1) is 5.92 Å². The first-order chi connectivity index (χ1) is 5.07. The zero-order chi connectivity index (χ0) is 8.85. The fraction of sp³-hybridized carbons (Fsp3) is 0.400. The quantitative estimate of drug-likeness (QED) is 0.484. The lowest BCUT2D eigenvalue weighted by Gasteiger charge is -2.09. The van der Waals surface area contributed by atoms with Gasteiger partial charge in [-0.3, -0.25) is 0 Å². The van der Waals surface area contributed by atoms with Crippen molar-refractivity contribution in [2.24, 2.45) is 5.92 Å². The third kappa shape index (κ3) is 4.57. The number of allylic oxidation sites excluding steroid dienone is 2. The van der Waals surface area contributed by atoms with Crippen LogP contribution in [0.25, 0.3) is 0 Å². The summed E-state index contributed by atoms with van der Waals surface area (Å²) in [4.78, 5) is 0. The van der Waals surface area contributed by atoms with E-state index in [1.165, 1.54) is 0 Å². The molecule has 2 unspecified atom stereocenters. The highest BCUT2D eigenvalue weighted by molar-refractivity contribution is 5.13. The number of hydrogen-bond donors (Lipinski definition) is 1. The van der Waals surface area contributed by atoms with Crippen LogP contribution in [0.1, 0.15) is 13.8 Å². The summed E-state index contributed by atoms with van der Waals surface area (Å²) >= 11 is 0. The Kier molecular flexibility index (Phi) is 4.55. The van der Waals surface area contributed by atoms with Crippen molar-refractivity contribution in [2.75, 3.05) is 0 Å². The highest BCUT2D eigenvalue weighted by atomic mass is 16.3. The van der Waals surface area contributed by atoms with Crippen LogP contribution in [-0.2, 0) is 0 Å². The van der Waals surface area contributed by atoms with Crippen molar-refractivity contribution >= 4 is 0 Å². The van der Waals surface area contributed by atoms with E-state index in [1.807, 2.05) is 19.9 Å². The van der Waals surface area contributed by atoms with Gasteiger partial charge in [-0.25, -0.2) is 0 Å². The number of aliphatic hydroxyl groups excluding tert-OH is 1. The molecule has 2 atom stereocenters. The maximum Gasteiger partial charge on any atom is 0.0783 e. The van der Waals surface area contributed by atoms with Gasteiger partial charge in [-0.05, 0) is 6.92 Å². The Morgan fingerprint density at radius 3 is 2.45 bits per heavy atom. The molecule has 0 rings (SSSR count). The summed E-state index contributed by atoms with van der Waals surface area (Å²) in [5, 5.41) is 9.37. The van der Waals surface area contributed by atoms with E-state index in [-0.39, 0.29) is 5.92 Å². The molecule has 0 heterocycles. The zero-order valence-corrected chi connectivity index (χ0v) is 7.25. The Hall–Kier alpha value is -0.820. The first kappa shape index (κ1) is 10.2. The summed E-state index contributed by atoms with van der Waals surface area (Å²) in [7, 11) is 0. The molecule has 0 aliphatic carbocycles. The van der Waals surface area contributed by atoms with Crippen LogP contribution in [0.15, 0.2) is 37.0 Å². The van der Waals surface area contributed by atoms with Crippen molar-refractivity contribution in [3.8, 4) is 0 Å². The van der Waals surface area contributed by atoms with E-state index in [1.54, 1.807) is 12.2 Å². The molecule has 0 aliphatic heterocycles. The third-order valence-corrected chi connectivity index (χ3v) is 1.49. The Morgan fingerprint density at radius 2 is 2.09 bits per heavy atom. The molecule has 0 aromatic rings. The molecule has 0 aromatic heterocycles. The summed E-state index contributed by atoms with van der Waals surface area (Å²) in [6.45, 7) is 11.1. The van der Waals surface area contributed by atoms with Gasteiger partial charge < -0.3 is 5.11 Å². The SMILES string of the molecule is C=CC(C)C(O)C=CC(=C)C. The minimum Gasteiger partial charge on any atom is -0.388 e. The van der Waals surface area contributed by atoms with E-state index in [2.05, 4.69) is 13.2 Å². The van der Waals surface area contributed by atoms with Crippen molar-refractivity contribution in [1.29, 1.82) is 0 Å². The number of rotatable bonds is 4. The molecule has 1 heteroatoms. The van der Waals surface area contributed by atoms with E-state index in [0.717, 1.165) is 5.57 Å².